The number of hydrogen-bond donors (Lipinski definition) is 0. The average molecular weight is 600 g/mol. The molecule has 0 saturated carbocycles. The second-order valence-electron chi connectivity index (χ2n) is 12.4. The first-order chi connectivity index (χ1) is 22.8. The minimum Gasteiger partial charge on any atom is -0.308 e. The number of para-hydroxylation sites is 1. The highest BCUT2D eigenvalue weighted by atomic mass is 32.1. The van der Waals surface area contributed by atoms with Crippen molar-refractivity contribution in [1.29, 1.82) is 0 Å². The third kappa shape index (κ3) is 3.09. The molecule has 10 aromatic rings. The van der Waals surface area contributed by atoms with Gasteiger partial charge in [-0.05, 0) is 73.8 Å². The molecule has 1 nitrogen and oxygen atoms in total. The Morgan fingerprint density at radius 3 is 1.80 bits per heavy atom. The van der Waals surface area contributed by atoms with Gasteiger partial charge in [0.25, 0.3) is 0 Å². The van der Waals surface area contributed by atoms with Gasteiger partial charge in [0.15, 0.2) is 0 Å². The van der Waals surface area contributed by atoms with E-state index in [0.29, 0.717) is 0 Å². The minimum absolute atomic E-state index is 1.21. The summed E-state index contributed by atoms with van der Waals surface area (Å²) in [6, 6.07) is 56.3. The molecule has 2 heterocycles. The molecule has 0 saturated heterocycles. The van der Waals surface area contributed by atoms with Crippen LogP contribution in [0.25, 0.3) is 103 Å². The van der Waals surface area contributed by atoms with Crippen molar-refractivity contribution < 1.29 is 0 Å². The van der Waals surface area contributed by atoms with E-state index in [4.69, 9.17) is 0 Å². The Hall–Kier alpha value is -5.70. The Morgan fingerprint density at radius 2 is 0.935 bits per heavy atom. The molecule has 0 spiro atoms. The zero-order valence-corrected chi connectivity index (χ0v) is 25.6. The maximum absolute atomic E-state index is 2.53. The van der Waals surface area contributed by atoms with E-state index >= 15 is 0 Å². The van der Waals surface area contributed by atoms with Gasteiger partial charge in [0.1, 0.15) is 0 Å². The minimum atomic E-state index is 1.21. The quantitative estimate of drug-likeness (QED) is 0.186. The van der Waals surface area contributed by atoms with Crippen molar-refractivity contribution >= 4 is 74.9 Å². The topological polar surface area (TPSA) is 4.93 Å². The first kappa shape index (κ1) is 24.6. The van der Waals surface area contributed by atoms with Crippen LogP contribution in [0.2, 0.25) is 0 Å². The first-order valence-corrected chi connectivity index (χ1v) is 16.7. The fourth-order valence-corrected chi connectivity index (χ4v) is 9.38. The van der Waals surface area contributed by atoms with Crippen molar-refractivity contribution in [1.82, 2.24) is 4.57 Å². The number of rotatable bonds is 2. The molecule has 0 bridgehead atoms. The van der Waals surface area contributed by atoms with Crippen LogP contribution in [-0.2, 0) is 0 Å². The van der Waals surface area contributed by atoms with E-state index in [1.54, 1.807) is 0 Å². The van der Waals surface area contributed by atoms with Crippen molar-refractivity contribution in [3.8, 4) is 39.1 Å². The fourth-order valence-electron chi connectivity index (χ4n) is 8.27. The summed E-state index contributed by atoms with van der Waals surface area (Å²) in [7, 11) is 0. The lowest BCUT2D eigenvalue weighted by atomic mass is 9.91. The lowest BCUT2D eigenvalue weighted by Gasteiger charge is -2.17. The van der Waals surface area contributed by atoms with Gasteiger partial charge < -0.3 is 4.57 Å². The molecule has 0 radical (unpaired) electrons. The average Bonchev–Trinajstić information content (AvgIpc) is 3.77. The number of nitrogens with zero attached hydrogens (tertiary/aromatic N) is 1. The lowest BCUT2D eigenvalue weighted by Crippen LogP contribution is -1.97. The van der Waals surface area contributed by atoms with Gasteiger partial charge in [-0.3, -0.25) is 0 Å². The zero-order chi connectivity index (χ0) is 29.9. The molecule has 0 aliphatic heterocycles. The highest BCUT2D eigenvalue weighted by Gasteiger charge is 2.24. The highest BCUT2D eigenvalue weighted by Crippen LogP contribution is 2.50. The van der Waals surface area contributed by atoms with Gasteiger partial charge in [-0.25, -0.2) is 0 Å². The van der Waals surface area contributed by atoms with Crippen LogP contribution in [0.3, 0.4) is 0 Å². The number of fused-ring (bicyclic) bond motifs is 11. The molecule has 0 fully saturated rings. The summed E-state index contributed by atoms with van der Waals surface area (Å²) in [5, 5.41) is 10.5. The van der Waals surface area contributed by atoms with Crippen molar-refractivity contribution in [2.75, 3.05) is 0 Å². The zero-order valence-electron chi connectivity index (χ0n) is 24.8. The summed E-state index contributed by atoms with van der Waals surface area (Å²) in [4.78, 5) is 0. The van der Waals surface area contributed by atoms with Crippen molar-refractivity contribution in [3.05, 3.63) is 152 Å². The molecule has 212 valence electrons. The van der Waals surface area contributed by atoms with Crippen LogP contribution in [0.1, 0.15) is 0 Å². The standard InChI is InChI=1S/C44H25NS/c1-2-12-28-27(11-1)33-16-9-17-34-30(20-21-35(28)42(33)34)29-22-24-39(31-13-4-3-10-26(29)31)45-38-18-7-5-14-32(38)36-23-25-41-43(44(36)45)37-15-6-8-19-40(37)46-41/h1-25H. The molecular weight excluding hydrogens is 575 g/mol. The Morgan fingerprint density at radius 1 is 0.326 bits per heavy atom. The highest BCUT2D eigenvalue weighted by molar-refractivity contribution is 7.26. The summed E-state index contributed by atoms with van der Waals surface area (Å²) in [5.41, 5.74) is 11.6. The number of hydrogen-bond acceptors (Lipinski definition) is 1. The van der Waals surface area contributed by atoms with Crippen molar-refractivity contribution in [2.24, 2.45) is 0 Å². The summed E-state index contributed by atoms with van der Waals surface area (Å²) in [6.07, 6.45) is 0. The molecule has 0 amide bonds. The van der Waals surface area contributed by atoms with Gasteiger partial charge in [-0.2, -0.15) is 0 Å². The van der Waals surface area contributed by atoms with E-state index in [-0.39, 0.29) is 0 Å². The molecule has 11 rings (SSSR count). The van der Waals surface area contributed by atoms with Crippen LogP contribution in [-0.4, -0.2) is 4.57 Å². The number of benzene rings is 8. The smallest absolute Gasteiger partial charge is 0.0634 e. The normalized spacial score (nSPS) is 12.3. The van der Waals surface area contributed by atoms with Crippen LogP contribution < -0.4 is 0 Å². The van der Waals surface area contributed by atoms with Crippen LogP contribution >= 0.6 is 11.3 Å². The number of thiophene rings is 1. The summed E-state index contributed by atoms with van der Waals surface area (Å²) in [6.45, 7) is 0. The van der Waals surface area contributed by atoms with E-state index in [9.17, 15) is 0 Å². The molecule has 0 unspecified atom stereocenters. The van der Waals surface area contributed by atoms with E-state index in [2.05, 4.69) is 156 Å². The summed E-state index contributed by atoms with van der Waals surface area (Å²) < 4.78 is 5.19. The molecule has 2 aromatic heterocycles. The van der Waals surface area contributed by atoms with Gasteiger partial charge in [0.2, 0.25) is 0 Å². The van der Waals surface area contributed by atoms with Gasteiger partial charge in [0, 0.05) is 36.3 Å². The lowest BCUT2D eigenvalue weighted by molar-refractivity contribution is 1.21. The SMILES string of the molecule is c1ccc2c(c1)-c1cccc3c(-c4ccc(-n5c6ccccc6c6ccc7sc8ccccc8c7c65)c5ccccc45)ccc-2c13. The van der Waals surface area contributed by atoms with Gasteiger partial charge >= 0.3 is 0 Å². The van der Waals surface area contributed by atoms with Crippen LogP contribution in [0.5, 0.6) is 0 Å². The van der Waals surface area contributed by atoms with E-state index in [1.165, 1.54) is 103 Å². The largest absolute Gasteiger partial charge is 0.308 e. The number of aromatic nitrogens is 1. The molecule has 2 heteroatoms. The van der Waals surface area contributed by atoms with Crippen LogP contribution in [0, 0.1) is 0 Å². The third-order valence-corrected chi connectivity index (χ3v) is 11.3. The Bertz CT molecular complexity index is 2890. The predicted octanol–water partition coefficient (Wildman–Crippen LogP) is 12.8. The second kappa shape index (κ2) is 8.94. The van der Waals surface area contributed by atoms with E-state index < -0.39 is 0 Å². The fraction of sp³-hybridized carbons (Fsp3) is 0. The molecule has 8 aromatic carbocycles. The molecule has 1 aliphatic carbocycles. The molecular formula is C44H25NS. The summed E-state index contributed by atoms with van der Waals surface area (Å²) >= 11 is 1.88. The third-order valence-electron chi connectivity index (χ3n) is 10.2. The molecule has 1 aliphatic rings. The Kier molecular flexibility index (Phi) is 4.78. The van der Waals surface area contributed by atoms with Crippen molar-refractivity contribution in [3.63, 3.8) is 0 Å². The Balaban J connectivity index is 1.24. The maximum atomic E-state index is 2.53. The van der Waals surface area contributed by atoms with E-state index in [1.807, 2.05) is 11.3 Å². The van der Waals surface area contributed by atoms with Gasteiger partial charge in [-0.1, -0.05) is 127 Å². The maximum Gasteiger partial charge on any atom is 0.0634 e. The molecule has 0 N–H and O–H groups in total. The van der Waals surface area contributed by atoms with Crippen LogP contribution in [0.4, 0.5) is 0 Å². The van der Waals surface area contributed by atoms with Gasteiger partial charge in [0.05, 0.1) is 16.7 Å². The second-order valence-corrected chi connectivity index (χ2v) is 13.5. The van der Waals surface area contributed by atoms with Gasteiger partial charge in [-0.15, -0.1) is 11.3 Å². The monoisotopic (exact) mass is 599 g/mol. The summed E-state index contributed by atoms with van der Waals surface area (Å²) in [5.74, 6) is 0. The molecule has 0 atom stereocenters. The molecule has 46 heavy (non-hydrogen) atoms. The van der Waals surface area contributed by atoms with Crippen molar-refractivity contribution in [2.45, 2.75) is 0 Å². The first-order valence-electron chi connectivity index (χ1n) is 15.9. The van der Waals surface area contributed by atoms with Crippen LogP contribution in [0.15, 0.2) is 152 Å². The predicted molar refractivity (Wildman–Crippen MR) is 199 cm³/mol. The van der Waals surface area contributed by atoms with E-state index in [0.717, 1.165) is 0 Å². The Labute approximate surface area is 269 Å².